The van der Waals surface area contributed by atoms with Gasteiger partial charge < -0.3 is 14.5 Å². The van der Waals surface area contributed by atoms with Crippen LogP contribution in [0.3, 0.4) is 0 Å². The van der Waals surface area contributed by atoms with Crippen LogP contribution in [-0.4, -0.2) is 39.0 Å². The Morgan fingerprint density at radius 3 is 2.40 bits per heavy atom. The average molecular weight is 431 g/mol. The third kappa shape index (κ3) is 4.62. The van der Waals surface area contributed by atoms with E-state index in [-0.39, 0.29) is 10.7 Å². The summed E-state index contributed by atoms with van der Waals surface area (Å²) < 4.78 is 51.6. The molecule has 30 heavy (non-hydrogen) atoms. The predicted molar refractivity (Wildman–Crippen MR) is 111 cm³/mol. The molecule has 4 rings (SSSR count). The molecule has 1 aliphatic heterocycles. The maximum absolute atomic E-state index is 13.9. The van der Waals surface area contributed by atoms with Crippen LogP contribution in [0, 0.1) is 5.82 Å². The lowest BCUT2D eigenvalue weighted by atomic mass is 10.1. The fraction of sp³-hybridized carbons (Fsp3) is 0.273. The van der Waals surface area contributed by atoms with Crippen LogP contribution in [0.4, 0.5) is 4.39 Å². The number of hydrogen-bond donors (Lipinski definition) is 1. The van der Waals surface area contributed by atoms with Crippen molar-refractivity contribution >= 4 is 10.0 Å². The molecule has 158 valence electrons. The van der Waals surface area contributed by atoms with Gasteiger partial charge in [0, 0.05) is 19.6 Å². The largest absolute Gasteiger partial charge is 0.460 e. The van der Waals surface area contributed by atoms with Crippen molar-refractivity contribution in [3.05, 3.63) is 77.8 Å². The summed E-state index contributed by atoms with van der Waals surface area (Å²) >= 11 is 0. The summed E-state index contributed by atoms with van der Waals surface area (Å²) in [6, 6.07) is 16.9. The molecule has 1 N–H and O–H groups in total. The van der Waals surface area contributed by atoms with Gasteiger partial charge >= 0.3 is 0 Å². The molecule has 8 heteroatoms. The molecule has 0 bridgehead atoms. The minimum Gasteiger partial charge on any atom is -0.460 e. The van der Waals surface area contributed by atoms with Gasteiger partial charge in [0.2, 0.25) is 10.0 Å². The van der Waals surface area contributed by atoms with Crippen LogP contribution < -0.4 is 5.32 Å². The number of morpholine rings is 1. The zero-order valence-corrected chi connectivity index (χ0v) is 17.2. The Labute approximate surface area is 175 Å². The van der Waals surface area contributed by atoms with Crippen molar-refractivity contribution in [2.24, 2.45) is 0 Å². The lowest BCUT2D eigenvalue weighted by molar-refractivity contribution is 0.0730. The highest BCUT2D eigenvalue weighted by molar-refractivity contribution is 7.89. The number of halogens is 1. The second kappa shape index (κ2) is 9.09. The van der Waals surface area contributed by atoms with E-state index in [0.29, 0.717) is 56.5 Å². The van der Waals surface area contributed by atoms with Gasteiger partial charge in [-0.3, -0.25) is 0 Å². The molecule has 1 aromatic heterocycles. The molecule has 0 atom stereocenters. The number of ether oxygens (including phenoxy) is 1. The molecule has 6 nitrogen and oxygen atoms in total. The summed E-state index contributed by atoms with van der Waals surface area (Å²) in [6.07, 6.45) is 0. The first kappa shape index (κ1) is 20.7. The van der Waals surface area contributed by atoms with Crippen molar-refractivity contribution in [1.82, 2.24) is 9.62 Å². The summed E-state index contributed by atoms with van der Waals surface area (Å²) in [7, 11) is -3.48. The Kier molecular flexibility index (Phi) is 6.29. The molecular formula is C22H23FN2O4S. The van der Waals surface area contributed by atoms with Gasteiger partial charge in [-0.05, 0) is 42.0 Å². The van der Waals surface area contributed by atoms with Crippen LogP contribution in [0.5, 0.6) is 0 Å². The van der Waals surface area contributed by atoms with Crippen LogP contribution in [0.1, 0.15) is 11.3 Å². The van der Waals surface area contributed by atoms with Crippen LogP contribution in [0.25, 0.3) is 11.3 Å². The Bertz CT molecular complexity index is 1090. The number of hydrogen-bond acceptors (Lipinski definition) is 5. The van der Waals surface area contributed by atoms with E-state index in [4.69, 9.17) is 9.15 Å². The number of furan rings is 1. The molecule has 0 aliphatic carbocycles. The van der Waals surface area contributed by atoms with Gasteiger partial charge in [0.05, 0.1) is 30.2 Å². The first-order valence-corrected chi connectivity index (χ1v) is 11.2. The molecule has 1 fully saturated rings. The standard InChI is InChI=1S/C22H23FN2O4S/c23-21-4-2-1-3-20(21)22-10-7-18(29-22)16-24-15-17-5-8-19(9-6-17)30(26,27)25-11-13-28-14-12-25/h1-10,24H,11-16H2. The minimum absolute atomic E-state index is 0.286. The lowest BCUT2D eigenvalue weighted by Gasteiger charge is -2.26. The maximum atomic E-state index is 13.9. The molecule has 0 unspecified atom stereocenters. The van der Waals surface area contributed by atoms with Crippen molar-refractivity contribution in [3.8, 4) is 11.3 Å². The van der Waals surface area contributed by atoms with Gasteiger partial charge in [-0.1, -0.05) is 24.3 Å². The first-order chi connectivity index (χ1) is 14.5. The number of benzene rings is 2. The van der Waals surface area contributed by atoms with Crippen molar-refractivity contribution in [1.29, 1.82) is 0 Å². The van der Waals surface area contributed by atoms with Crippen LogP contribution in [0.2, 0.25) is 0 Å². The second-order valence-corrected chi connectivity index (χ2v) is 8.95. The van der Waals surface area contributed by atoms with E-state index in [1.54, 1.807) is 48.5 Å². The fourth-order valence-corrected chi connectivity index (χ4v) is 4.73. The number of nitrogens with one attached hydrogen (secondary N) is 1. The zero-order valence-electron chi connectivity index (χ0n) is 16.4. The maximum Gasteiger partial charge on any atom is 0.243 e. The molecule has 2 heterocycles. The SMILES string of the molecule is O=S(=O)(c1ccc(CNCc2ccc(-c3ccccc3F)o2)cc1)N1CCOCC1. The Balaban J connectivity index is 1.33. The summed E-state index contributed by atoms with van der Waals surface area (Å²) in [5, 5.41) is 3.26. The van der Waals surface area contributed by atoms with Crippen LogP contribution >= 0.6 is 0 Å². The topological polar surface area (TPSA) is 71.8 Å². The normalized spacial score (nSPS) is 15.4. The highest BCUT2D eigenvalue weighted by Crippen LogP contribution is 2.24. The number of sulfonamides is 1. The van der Waals surface area contributed by atoms with E-state index in [9.17, 15) is 12.8 Å². The van der Waals surface area contributed by atoms with E-state index in [2.05, 4.69) is 5.32 Å². The van der Waals surface area contributed by atoms with E-state index >= 15 is 0 Å². The van der Waals surface area contributed by atoms with E-state index < -0.39 is 10.0 Å². The van der Waals surface area contributed by atoms with Gasteiger partial charge in [0.15, 0.2) is 0 Å². The highest BCUT2D eigenvalue weighted by atomic mass is 32.2. The Morgan fingerprint density at radius 2 is 1.67 bits per heavy atom. The summed E-state index contributed by atoms with van der Waals surface area (Å²) in [6.45, 7) is 2.63. The number of nitrogens with zero attached hydrogens (tertiary/aromatic N) is 1. The van der Waals surface area contributed by atoms with E-state index in [1.807, 2.05) is 6.07 Å². The van der Waals surface area contributed by atoms with Crippen molar-refractivity contribution in [3.63, 3.8) is 0 Å². The molecule has 0 spiro atoms. The third-order valence-corrected chi connectivity index (χ3v) is 6.87. The lowest BCUT2D eigenvalue weighted by Crippen LogP contribution is -2.40. The summed E-state index contributed by atoms with van der Waals surface area (Å²) in [5.74, 6) is 0.862. The fourth-order valence-electron chi connectivity index (χ4n) is 3.32. The summed E-state index contributed by atoms with van der Waals surface area (Å²) in [5.41, 5.74) is 1.39. The minimum atomic E-state index is -3.48. The van der Waals surface area contributed by atoms with E-state index in [0.717, 1.165) is 5.56 Å². The molecule has 1 saturated heterocycles. The molecule has 1 aliphatic rings. The molecule has 2 aromatic carbocycles. The number of rotatable bonds is 7. The first-order valence-electron chi connectivity index (χ1n) is 9.75. The molecular weight excluding hydrogens is 407 g/mol. The second-order valence-electron chi connectivity index (χ2n) is 7.01. The van der Waals surface area contributed by atoms with Crippen LogP contribution in [-0.2, 0) is 27.8 Å². The monoisotopic (exact) mass is 430 g/mol. The molecule has 0 radical (unpaired) electrons. The smallest absolute Gasteiger partial charge is 0.243 e. The van der Waals surface area contributed by atoms with Crippen molar-refractivity contribution in [2.75, 3.05) is 26.3 Å². The van der Waals surface area contributed by atoms with E-state index in [1.165, 1.54) is 10.4 Å². The Hall–Kier alpha value is -2.52. The molecule has 3 aromatic rings. The average Bonchev–Trinajstić information content (AvgIpc) is 3.24. The molecule has 0 amide bonds. The van der Waals surface area contributed by atoms with Gasteiger partial charge in [0.25, 0.3) is 0 Å². The highest BCUT2D eigenvalue weighted by Gasteiger charge is 2.26. The quantitative estimate of drug-likeness (QED) is 0.622. The van der Waals surface area contributed by atoms with Gasteiger partial charge in [-0.2, -0.15) is 4.31 Å². The Morgan fingerprint density at radius 1 is 0.933 bits per heavy atom. The van der Waals surface area contributed by atoms with Crippen molar-refractivity contribution in [2.45, 2.75) is 18.0 Å². The zero-order chi connectivity index (χ0) is 21.0. The summed E-state index contributed by atoms with van der Waals surface area (Å²) in [4.78, 5) is 0.286. The predicted octanol–water partition coefficient (Wildman–Crippen LogP) is 3.40. The van der Waals surface area contributed by atoms with Crippen LogP contribution in [0.15, 0.2) is 70.0 Å². The van der Waals surface area contributed by atoms with Crippen molar-refractivity contribution < 1.29 is 22.0 Å². The molecule has 0 saturated carbocycles. The van der Waals surface area contributed by atoms with Gasteiger partial charge in [0.1, 0.15) is 17.3 Å². The van der Waals surface area contributed by atoms with Gasteiger partial charge in [-0.15, -0.1) is 0 Å². The van der Waals surface area contributed by atoms with Gasteiger partial charge in [-0.25, -0.2) is 12.8 Å². The third-order valence-electron chi connectivity index (χ3n) is 4.96.